The second kappa shape index (κ2) is 10.8. The van der Waals surface area contributed by atoms with Gasteiger partial charge in [0.25, 0.3) is 0 Å². The minimum absolute atomic E-state index is 0.0971. The van der Waals surface area contributed by atoms with Crippen LogP contribution in [-0.2, 0) is 4.74 Å². The van der Waals surface area contributed by atoms with Gasteiger partial charge in [-0.05, 0) is 92.4 Å². The highest BCUT2D eigenvalue weighted by atomic mass is 19.2. The number of methoxy groups -OCH3 is 1. The lowest BCUT2D eigenvalue weighted by Crippen LogP contribution is -2.25. The molecule has 6 heteroatoms. The van der Waals surface area contributed by atoms with Gasteiger partial charge >= 0.3 is 5.97 Å². The van der Waals surface area contributed by atoms with Gasteiger partial charge in [0.15, 0.2) is 11.6 Å². The number of halogens is 3. The molecule has 2 aromatic rings. The third-order valence-electron chi connectivity index (χ3n) is 7.79. The Hall–Kier alpha value is -2.50. The minimum Gasteiger partial charge on any atom is -0.497 e. The molecule has 2 fully saturated rings. The monoisotopic (exact) mass is 474 g/mol. The highest BCUT2D eigenvalue weighted by Gasteiger charge is 2.31. The molecule has 2 aliphatic carbocycles. The standard InChI is InChI=1S/C28H33F3O3/c1-3-17-4-6-18(7-5-17)22-14-15-23(27(31)26(22)30)19-8-10-20(11-9-19)34-28(32)24-13-12-21(33-2)16-25(24)29/h12-20H,3-11H2,1-2H3. The molecule has 4 rings (SSSR count). The molecular weight excluding hydrogens is 441 g/mol. The highest BCUT2D eigenvalue weighted by molar-refractivity contribution is 5.90. The molecule has 0 radical (unpaired) electrons. The number of ether oxygens (including phenoxy) is 2. The first-order valence-corrected chi connectivity index (χ1v) is 12.4. The Morgan fingerprint density at radius 1 is 0.853 bits per heavy atom. The van der Waals surface area contributed by atoms with Crippen LogP contribution in [0.4, 0.5) is 13.2 Å². The zero-order chi connectivity index (χ0) is 24.2. The van der Waals surface area contributed by atoms with Crippen molar-refractivity contribution < 1.29 is 27.4 Å². The lowest BCUT2D eigenvalue weighted by molar-refractivity contribution is 0.0189. The molecule has 2 saturated carbocycles. The van der Waals surface area contributed by atoms with Crippen molar-refractivity contribution in [3.05, 3.63) is 64.5 Å². The van der Waals surface area contributed by atoms with Crippen molar-refractivity contribution in [2.24, 2.45) is 5.92 Å². The van der Waals surface area contributed by atoms with Crippen LogP contribution >= 0.6 is 0 Å². The van der Waals surface area contributed by atoms with E-state index in [0.717, 1.165) is 38.2 Å². The van der Waals surface area contributed by atoms with Crippen molar-refractivity contribution in [1.29, 1.82) is 0 Å². The van der Waals surface area contributed by atoms with E-state index >= 15 is 8.78 Å². The first-order chi connectivity index (χ1) is 16.4. The molecule has 0 heterocycles. The maximum Gasteiger partial charge on any atom is 0.341 e. The molecule has 34 heavy (non-hydrogen) atoms. The van der Waals surface area contributed by atoms with E-state index in [4.69, 9.17) is 9.47 Å². The Morgan fingerprint density at radius 2 is 1.41 bits per heavy atom. The molecule has 0 atom stereocenters. The molecule has 0 N–H and O–H groups in total. The summed E-state index contributed by atoms with van der Waals surface area (Å²) < 4.78 is 54.7. The van der Waals surface area contributed by atoms with E-state index in [1.54, 1.807) is 12.1 Å². The summed E-state index contributed by atoms with van der Waals surface area (Å²) in [7, 11) is 1.42. The van der Waals surface area contributed by atoms with Crippen LogP contribution in [0.25, 0.3) is 0 Å². The smallest absolute Gasteiger partial charge is 0.341 e. The molecule has 0 aromatic heterocycles. The molecule has 0 unspecified atom stereocenters. The number of carbonyl (C=O) groups excluding carboxylic acids is 1. The fourth-order valence-electron chi connectivity index (χ4n) is 5.59. The van der Waals surface area contributed by atoms with Crippen molar-refractivity contribution in [1.82, 2.24) is 0 Å². The Bertz CT molecular complexity index is 1010. The Balaban J connectivity index is 1.36. The summed E-state index contributed by atoms with van der Waals surface area (Å²) in [5, 5.41) is 0. The van der Waals surface area contributed by atoms with Crippen LogP contribution < -0.4 is 4.74 Å². The van der Waals surface area contributed by atoms with Gasteiger partial charge in [-0.15, -0.1) is 0 Å². The first-order valence-electron chi connectivity index (χ1n) is 12.4. The molecule has 184 valence electrons. The fourth-order valence-corrected chi connectivity index (χ4v) is 5.59. The van der Waals surface area contributed by atoms with Gasteiger partial charge in [-0.1, -0.05) is 25.5 Å². The van der Waals surface area contributed by atoms with Crippen LogP contribution in [0.2, 0.25) is 0 Å². The van der Waals surface area contributed by atoms with Crippen LogP contribution in [0.5, 0.6) is 5.75 Å². The SMILES string of the molecule is CCC1CCC(c2ccc(C3CCC(OC(=O)c4ccc(OC)cc4F)CC3)c(F)c2F)CC1. The number of hydrogen-bond donors (Lipinski definition) is 0. The third kappa shape index (κ3) is 5.26. The van der Waals surface area contributed by atoms with Gasteiger partial charge in [0, 0.05) is 6.07 Å². The Labute approximate surface area is 199 Å². The van der Waals surface area contributed by atoms with Crippen LogP contribution in [-0.4, -0.2) is 19.2 Å². The van der Waals surface area contributed by atoms with Crippen LogP contribution in [0.3, 0.4) is 0 Å². The number of benzene rings is 2. The molecule has 2 aromatic carbocycles. The predicted molar refractivity (Wildman–Crippen MR) is 125 cm³/mol. The second-order valence-electron chi connectivity index (χ2n) is 9.72. The van der Waals surface area contributed by atoms with Crippen molar-refractivity contribution in [3.8, 4) is 5.75 Å². The van der Waals surface area contributed by atoms with Crippen LogP contribution in [0, 0.1) is 23.4 Å². The largest absolute Gasteiger partial charge is 0.497 e. The summed E-state index contributed by atoms with van der Waals surface area (Å²) in [6.07, 6.45) is 6.98. The first kappa shape index (κ1) is 24.6. The third-order valence-corrected chi connectivity index (χ3v) is 7.79. The van der Waals surface area contributed by atoms with Crippen LogP contribution in [0.15, 0.2) is 30.3 Å². The zero-order valence-corrected chi connectivity index (χ0v) is 19.9. The van der Waals surface area contributed by atoms with Gasteiger partial charge in [0.05, 0.1) is 12.7 Å². The van der Waals surface area contributed by atoms with Crippen molar-refractivity contribution in [2.75, 3.05) is 7.11 Å². The van der Waals surface area contributed by atoms with Crippen molar-refractivity contribution >= 4 is 5.97 Å². The lowest BCUT2D eigenvalue weighted by atomic mass is 9.76. The van der Waals surface area contributed by atoms with Crippen molar-refractivity contribution in [3.63, 3.8) is 0 Å². The summed E-state index contributed by atoms with van der Waals surface area (Å²) in [4.78, 5) is 12.4. The molecule has 0 amide bonds. The average Bonchev–Trinajstić information content (AvgIpc) is 2.86. The van der Waals surface area contributed by atoms with Gasteiger partial charge in [-0.25, -0.2) is 18.0 Å². The van der Waals surface area contributed by atoms with Crippen molar-refractivity contribution in [2.45, 2.75) is 82.7 Å². The summed E-state index contributed by atoms with van der Waals surface area (Å²) in [5.74, 6) is -1.83. The number of carbonyl (C=O) groups is 1. The van der Waals surface area contributed by atoms with E-state index in [1.807, 2.05) is 0 Å². The molecular formula is C28H33F3O3. The van der Waals surface area contributed by atoms with E-state index in [1.165, 1.54) is 19.2 Å². The maximum absolute atomic E-state index is 15.1. The summed E-state index contributed by atoms with van der Waals surface area (Å²) in [6.45, 7) is 2.19. The molecule has 0 saturated heterocycles. The minimum atomic E-state index is -0.726. The maximum atomic E-state index is 15.1. The summed E-state index contributed by atoms with van der Waals surface area (Å²) in [5.41, 5.74) is 0.786. The van der Waals surface area contributed by atoms with Gasteiger partial charge < -0.3 is 9.47 Å². The topological polar surface area (TPSA) is 35.5 Å². The summed E-state index contributed by atoms with van der Waals surface area (Å²) in [6, 6.07) is 7.53. The lowest BCUT2D eigenvalue weighted by Gasteiger charge is -2.30. The average molecular weight is 475 g/mol. The number of hydrogen-bond acceptors (Lipinski definition) is 3. The second-order valence-corrected chi connectivity index (χ2v) is 9.72. The van der Waals surface area contributed by atoms with Gasteiger partial charge in [0.2, 0.25) is 0 Å². The Morgan fingerprint density at radius 3 is 1.91 bits per heavy atom. The molecule has 2 aliphatic rings. The van der Waals surface area contributed by atoms with Gasteiger partial charge in [0.1, 0.15) is 17.7 Å². The zero-order valence-electron chi connectivity index (χ0n) is 19.9. The number of esters is 1. The van der Waals surface area contributed by atoms with E-state index < -0.39 is 23.4 Å². The molecule has 0 bridgehead atoms. The summed E-state index contributed by atoms with van der Waals surface area (Å²) >= 11 is 0. The molecule has 0 spiro atoms. The Kier molecular flexibility index (Phi) is 7.84. The van der Waals surface area contributed by atoms with Gasteiger partial charge in [-0.2, -0.15) is 0 Å². The van der Waals surface area contributed by atoms with E-state index in [0.29, 0.717) is 48.5 Å². The number of rotatable bonds is 6. The quantitative estimate of drug-likeness (QED) is 0.403. The molecule has 3 nitrogen and oxygen atoms in total. The normalized spacial score (nSPS) is 25.1. The predicted octanol–water partition coefficient (Wildman–Crippen LogP) is 7.68. The molecule has 0 aliphatic heterocycles. The van der Waals surface area contributed by atoms with Crippen LogP contribution in [0.1, 0.15) is 98.0 Å². The van der Waals surface area contributed by atoms with Gasteiger partial charge in [-0.3, -0.25) is 0 Å². The fraction of sp³-hybridized carbons (Fsp3) is 0.536. The highest BCUT2D eigenvalue weighted by Crippen LogP contribution is 2.41. The van der Waals surface area contributed by atoms with E-state index in [-0.39, 0.29) is 23.5 Å². The van der Waals surface area contributed by atoms with E-state index in [2.05, 4.69) is 6.92 Å². The van der Waals surface area contributed by atoms with E-state index in [9.17, 15) is 9.18 Å².